The first-order valence-corrected chi connectivity index (χ1v) is 6.62. The number of nitrogen functional groups attached to an aromatic ring is 1. The maximum atomic E-state index is 5.95. The largest absolute Gasteiger partial charge is 0.383 e. The van der Waals surface area contributed by atoms with Crippen LogP contribution in [0.2, 0.25) is 0 Å². The second kappa shape index (κ2) is 4.81. The zero-order valence-electron chi connectivity index (χ0n) is 10.5. The van der Waals surface area contributed by atoms with E-state index in [2.05, 4.69) is 35.3 Å². The Hall–Kier alpha value is -1.83. The van der Waals surface area contributed by atoms with Crippen LogP contribution in [0.25, 0.3) is 0 Å². The third kappa shape index (κ3) is 2.10. The Morgan fingerprint density at radius 3 is 2.94 bits per heavy atom. The summed E-state index contributed by atoms with van der Waals surface area (Å²) in [6.45, 7) is 0. The predicted octanol–water partition coefficient (Wildman–Crippen LogP) is 3.33. The molecular weight excluding hydrogens is 220 g/mol. The number of anilines is 1. The van der Waals surface area contributed by atoms with Gasteiger partial charge in [-0.3, -0.25) is 0 Å². The van der Waals surface area contributed by atoms with Gasteiger partial charge in [0.1, 0.15) is 5.82 Å². The van der Waals surface area contributed by atoms with Gasteiger partial charge in [-0.15, -0.1) is 0 Å². The summed E-state index contributed by atoms with van der Waals surface area (Å²) < 4.78 is 0. The zero-order chi connectivity index (χ0) is 12.4. The average molecular weight is 238 g/mol. The number of nitrogens with zero attached hydrogens (tertiary/aromatic N) is 1. The topological polar surface area (TPSA) is 38.9 Å². The first kappa shape index (κ1) is 11.3. The van der Waals surface area contributed by atoms with Crippen LogP contribution in [0.5, 0.6) is 0 Å². The van der Waals surface area contributed by atoms with Gasteiger partial charge in [-0.1, -0.05) is 30.3 Å². The summed E-state index contributed by atoms with van der Waals surface area (Å²) in [6, 6.07) is 12.9. The predicted molar refractivity (Wildman–Crippen MR) is 74.5 cm³/mol. The number of hydrogen-bond acceptors (Lipinski definition) is 2. The number of benzene rings is 1. The van der Waals surface area contributed by atoms with Crippen LogP contribution in [0.15, 0.2) is 42.6 Å². The second-order valence-corrected chi connectivity index (χ2v) is 5.04. The molecule has 1 aliphatic carbocycles. The monoisotopic (exact) mass is 238 g/mol. The van der Waals surface area contributed by atoms with Crippen molar-refractivity contribution in [2.45, 2.75) is 31.6 Å². The summed E-state index contributed by atoms with van der Waals surface area (Å²) >= 11 is 0. The Bertz CT molecular complexity index is 548. The van der Waals surface area contributed by atoms with E-state index in [1.807, 2.05) is 6.07 Å². The Kier molecular flexibility index (Phi) is 3.01. The fraction of sp³-hybridized carbons (Fsp3) is 0.312. The van der Waals surface area contributed by atoms with Crippen molar-refractivity contribution in [2.24, 2.45) is 0 Å². The van der Waals surface area contributed by atoms with Crippen LogP contribution in [0.3, 0.4) is 0 Å². The molecule has 0 saturated heterocycles. The lowest BCUT2D eigenvalue weighted by atomic mass is 9.80. The molecule has 1 atom stereocenters. The van der Waals surface area contributed by atoms with Gasteiger partial charge in [0.05, 0.1) is 0 Å². The minimum Gasteiger partial charge on any atom is -0.383 e. The Morgan fingerprint density at radius 2 is 2.06 bits per heavy atom. The fourth-order valence-corrected chi connectivity index (χ4v) is 2.96. The van der Waals surface area contributed by atoms with Gasteiger partial charge >= 0.3 is 0 Å². The molecule has 1 heterocycles. The normalized spacial score (nSPS) is 18.3. The summed E-state index contributed by atoms with van der Waals surface area (Å²) in [5, 5.41) is 0. The standard InChI is InChI=1S/C16H18N2/c17-16-14(8-4-10-18-16)11-13-7-3-6-12-5-1-2-9-15(12)13/h1-2,4-5,8-10,13H,3,6-7,11H2,(H2,17,18). The van der Waals surface area contributed by atoms with Crippen molar-refractivity contribution in [3.63, 3.8) is 0 Å². The van der Waals surface area contributed by atoms with Gasteiger partial charge in [-0.25, -0.2) is 4.98 Å². The van der Waals surface area contributed by atoms with Gasteiger partial charge in [-0.2, -0.15) is 0 Å². The molecule has 0 spiro atoms. The highest BCUT2D eigenvalue weighted by molar-refractivity contribution is 5.41. The number of aryl methyl sites for hydroxylation is 1. The van der Waals surface area contributed by atoms with E-state index in [1.54, 1.807) is 6.20 Å². The van der Waals surface area contributed by atoms with Gasteiger partial charge in [0, 0.05) is 6.20 Å². The molecule has 92 valence electrons. The van der Waals surface area contributed by atoms with Crippen LogP contribution in [-0.2, 0) is 12.8 Å². The van der Waals surface area contributed by atoms with Crippen LogP contribution in [0.1, 0.15) is 35.4 Å². The minimum absolute atomic E-state index is 0.599. The lowest BCUT2D eigenvalue weighted by Gasteiger charge is -2.25. The van der Waals surface area contributed by atoms with E-state index in [0.717, 1.165) is 6.42 Å². The molecule has 0 saturated carbocycles. The van der Waals surface area contributed by atoms with Crippen LogP contribution >= 0.6 is 0 Å². The van der Waals surface area contributed by atoms with Gasteiger partial charge < -0.3 is 5.73 Å². The Balaban J connectivity index is 1.89. The molecule has 0 amide bonds. The van der Waals surface area contributed by atoms with Gasteiger partial charge in [0.25, 0.3) is 0 Å². The number of nitrogens with two attached hydrogens (primary N) is 1. The fourth-order valence-electron chi connectivity index (χ4n) is 2.96. The first-order valence-electron chi connectivity index (χ1n) is 6.62. The molecule has 0 aliphatic heterocycles. The van der Waals surface area contributed by atoms with Crippen molar-refractivity contribution in [1.82, 2.24) is 4.98 Å². The molecule has 18 heavy (non-hydrogen) atoms. The molecule has 3 rings (SSSR count). The molecule has 2 nitrogen and oxygen atoms in total. The van der Waals surface area contributed by atoms with Crippen LogP contribution < -0.4 is 5.73 Å². The zero-order valence-corrected chi connectivity index (χ0v) is 10.5. The third-order valence-corrected chi connectivity index (χ3v) is 3.89. The number of pyridine rings is 1. The van der Waals surface area contributed by atoms with E-state index in [-0.39, 0.29) is 0 Å². The number of aromatic nitrogens is 1. The van der Waals surface area contributed by atoms with Gasteiger partial charge in [0.15, 0.2) is 0 Å². The van der Waals surface area contributed by atoms with Gasteiger partial charge in [0.2, 0.25) is 0 Å². The molecule has 1 aromatic carbocycles. The summed E-state index contributed by atoms with van der Waals surface area (Å²) in [6.07, 6.45) is 6.52. The Labute approximate surface area is 108 Å². The number of rotatable bonds is 2. The molecule has 0 bridgehead atoms. The summed E-state index contributed by atoms with van der Waals surface area (Å²) in [4.78, 5) is 4.18. The maximum absolute atomic E-state index is 5.95. The summed E-state index contributed by atoms with van der Waals surface area (Å²) in [5.41, 5.74) is 10.1. The average Bonchev–Trinajstić information content (AvgIpc) is 2.42. The van der Waals surface area contributed by atoms with Crippen molar-refractivity contribution < 1.29 is 0 Å². The van der Waals surface area contributed by atoms with Crippen LogP contribution in [0, 0.1) is 0 Å². The van der Waals surface area contributed by atoms with E-state index in [9.17, 15) is 0 Å². The van der Waals surface area contributed by atoms with Crippen LogP contribution in [-0.4, -0.2) is 4.98 Å². The molecule has 2 aromatic rings. The lowest BCUT2D eigenvalue weighted by molar-refractivity contribution is 0.550. The van der Waals surface area contributed by atoms with Crippen molar-refractivity contribution >= 4 is 5.82 Å². The van der Waals surface area contributed by atoms with Crippen molar-refractivity contribution in [1.29, 1.82) is 0 Å². The van der Waals surface area contributed by atoms with Crippen molar-refractivity contribution in [3.8, 4) is 0 Å². The molecule has 2 N–H and O–H groups in total. The first-order chi connectivity index (χ1) is 8.84. The van der Waals surface area contributed by atoms with E-state index in [4.69, 9.17) is 5.73 Å². The van der Waals surface area contributed by atoms with E-state index in [1.165, 1.54) is 36.0 Å². The highest BCUT2D eigenvalue weighted by Gasteiger charge is 2.20. The van der Waals surface area contributed by atoms with Crippen molar-refractivity contribution in [3.05, 3.63) is 59.3 Å². The molecule has 1 aliphatic rings. The lowest BCUT2D eigenvalue weighted by Crippen LogP contribution is -2.13. The maximum Gasteiger partial charge on any atom is 0.126 e. The highest BCUT2D eigenvalue weighted by atomic mass is 14.8. The van der Waals surface area contributed by atoms with E-state index >= 15 is 0 Å². The highest BCUT2D eigenvalue weighted by Crippen LogP contribution is 2.34. The summed E-state index contributed by atoms with van der Waals surface area (Å²) in [7, 11) is 0. The molecular formula is C16H18N2. The van der Waals surface area contributed by atoms with E-state index in [0.29, 0.717) is 11.7 Å². The van der Waals surface area contributed by atoms with Crippen LogP contribution in [0.4, 0.5) is 5.82 Å². The minimum atomic E-state index is 0.599. The molecule has 0 fully saturated rings. The smallest absolute Gasteiger partial charge is 0.126 e. The van der Waals surface area contributed by atoms with Gasteiger partial charge in [-0.05, 0) is 54.4 Å². The molecule has 2 heteroatoms. The SMILES string of the molecule is Nc1ncccc1CC1CCCc2ccccc21. The number of hydrogen-bond donors (Lipinski definition) is 1. The molecule has 1 aromatic heterocycles. The quantitative estimate of drug-likeness (QED) is 0.871. The third-order valence-electron chi connectivity index (χ3n) is 3.89. The van der Waals surface area contributed by atoms with E-state index < -0.39 is 0 Å². The number of fused-ring (bicyclic) bond motifs is 1. The summed E-state index contributed by atoms with van der Waals surface area (Å²) in [5.74, 6) is 1.28. The van der Waals surface area contributed by atoms with Crippen molar-refractivity contribution in [2.75, 3.05) is 5.73 Å². The second-order valence-electron chi connectivity index (χ2n) is 5.04. The molecule has 1 unspecified atom stereocenters. The Morgan fingerprint density at radius 1 is 1.17 bits per heavy atom. The molecule has 0 radical (unpaired) electrons.